The predicted octanol–water partition coefficient (Wildman–Crippen LogP) is 6.17. The number of allylic oxidation sites excluding steroid dienone is 2. The summed E-state index contributed by atoms with van der Waals surface area (Å²) in [6, 6.07) is 17.5. The van der Waals surface area contributed by atoms with Gasteiger partial charge in [-0.05, 0) is 35.8 Å². The Bertz CT molecular complexity index is 1300. The number of aromatic nitrogens is 1. The van der Waals surface area contributed by atoms with E-state index in [2.05, 4.69) is 10.3 Å². The van der Waals surface area contributed by atoms with Crippen molar-refractivity contribution >= 4 is 74.3 Å². The van der Waals surface area contributed by atoms with E-state index >= 15 is 0 Å². The number of nitrogens with zero attached hydrogens (tertiary/aromatic N) is 2. The number of hydrogen-bond donors (Lipinski definition) is 1. The normalized spacial score (nSPS) is 15.3. The highest BCUT2D eigenvalue weighted by molar-refractivity contribution is 8.26. The number of anilines is 1. The Hall–Kier alpha value is -2.78. The fourth-order valence-corrected chi connectivity index (χ4v) is 5.63. The number of thioether (sulfide) groups is 1. The largest absolute Gasteiger partial charge is 0.300 e. The molecule has 2 aromatic carbocycles. The molecule has 0 unspecified atom stereocenters. The van der Waals surface area contributed by atoms with Gasteiger partial charge < -0.3 is 5.32 Å². The van der Waals surface area contributed by atoms with Crippen molar-refractivity contribution in [3.05, 3.63) is 98.4 Å². The molecule has 2 amide bonds. The van der Waals surface area contributed by atoms with Gasteiger partial charge in [0.05, 0.1) is 4.91 Å². The lowest BCUT2D eigenvalue weighted by molar-refractivity contribution is -0.126. The SMILES string of the molecule is CC(/C=C1\SC(=S)N(CC(=O)Nc2ncc(Cc3ccccc3Cl)s2)C1=O)=C\c1ccccc1. The van der Waals surface area contributed by atoms with E-state index in [4.69, 9.17) is 23.8 Å². The lowest BCUT2D eigenvalue weighted by Gasteiger charge is -2.13. The summed E-state index contributed by atoms with van der Waals surface area (Å²) in [6.45, 7) is 1.76. The lowest BCUT2D eigenvalue weighted by Crippen LogP contribution is -2.36. The smallest absolute Gasteiger partial charge is 0.266 e. The first-order valence-electron chi connectivity index (χ1n) is 10.4. The van der Waals surface area contributed by atoms with Crippen LogP contribution in [0.1, 0.15) is 22.9 Å². The van der Waals surface area contributed by atoms with Gasteiger partial charge in [-0.3, -0.25) is 14.5 Å². The van der Waals surface area contributed by atoms with E-state index < -0.39 is 0 Å². The van der Waals surface area contributed by atoms with E-state index in [-0.39, 0.29) is 18.4 Å². The van der Waals surface area contributed by atoms with Crippen LogP contribution in [0.2, 0.25) is 5.02 Å². The van der Waals surface area contributed by atoms with Gasteiger partial charge in [-0.2, -0.15) is 0 Å². The van der Waals surface area contributed by atoms with Gasteiger partial charge in [0.2, 0.25) is 5.91 Å². The van der Waals surface area contributed by atoms with Crippen molar-refractivity contribution in [3.63, 3.8) is 0 Å². The monoisotopic (exact) mass is 525 g/mol. The Morgan fingerprint density at radius 2 is 1.91 bits per heavy atom. The Morgan fingerprint density at radius 1 is 1.18 bits per heavy atom. The lowest BCUT2D eigenvalue weighted by atomic mass is 10.1. The van der Waals surface area contributed by atoms with Crippen LogP contribution in [-0.4, -0.2) is 32.6 Å². The van der Waals surface area contributed by atoms with Crippen LogP contribution in [0.15, 0.2) is 77.3 Å². The maximum absolute atomic E-state index is 12.8. The van der Waals surface area contributed by atoms with Gasteiger partial charge in [0.1, 0.15) is 10.9 Å². The molecular formula is C25H20ClN3O2S3. The number of thiazole rings is 1. The van der Waals surface area contributed by atoms with Crippen molar-refractivity contribution in [1.82, 2.24) is 9.88 Å². The number of rotatable bonds is 7. The minimum absolute atomic E-state index is 0.164. The van der Waals surface area contributed by atoms with Crippen LogP contribution in [0.3, 0.4) is 0 Å². The van der Waals surface area contributed by atoms with E-state index in [9.17, 15) is 9.59 Å². The number of hydrogen-bond acceptors (Lipinski definition) is 6. The topological polar surface area (TPSA) is 62.3 Å². The summed E-state index contributed by atoms with van der Waals surface area (Å²) in [5.74, 6) is -0.628. The summed E-state index contributed by atoms with van der Waals surface area (Å²) in [6.07, 6.45) is 6.13. The van der Waals surface area contributed by atoms with Gasteiger partial charge in [-0.15, -0.1) is 11.3 Å². The molecule has 9 heteroatoms. The number of nitrogens with one attached hydrogen (secondary N) is 1. The summed E-state index contributed by atoms with van der Waals surface area (Å²) in [5, 5.41) is 3.92. The highest BCUT2D eigenvalue weighted by Gasteiger charge is 2.33. The Balaban J connectivity index is 1.36. The molecule has 1 fully saturated rings. The third-order valence-electron chi connectivity index (χ3n) is 4.85. The third-order valence-corrected chi connectivity index (χ3v) is 7.51. The van der Waals surface area contributed by atoms with Gasteiger partial charge in [0.25, 0.3) is 5.91 Å². The van der Waals surface area contributed by atoms with Crippen LogP contribution in [-0.2, 0) is 16.0 Å². The van der Waals surface area contributed by atoms with Crippen LogP contribution in [0.5, 0.6) is 0 Å². The first kappa shape index (κ1) is 24.3. The Morgan fingerprint density at radius 3 is 2.68 bits per heavy atom. The molecule has 34 heavy (non-hydrogen) atoms. The van der Waals surface area contributed by atoms with Crippen LogP contribution >= 0.6 is 46.9 Å². The molecule has 1 aliphatic heterocycles. The van der Waals surface area contributed by atoms with E-state index in [1.807, 2.05) is 67.6 Å². The molecule has 1 saturated heterocycles. The van der Waals surface area contributed by atoms with Crippen molar-refractivity contribution in [2.45, 2.75) is 13.3 Å². The molecule has 4 rings (SSSR count). The first-order chi connectivity index (χ1) is 16.4. The number of halogens is 1. The second kappa shape index (κ2) is 11.1. The van der Waals surface area contributed by atoms with Crippen molar-refractivity contribution in [2.24, 2.45) is 0 Å². The molecule has 0 saturated carbocycles. The fourth-order valence-electron chi connectivity index (χ4n) is 3.28. The minimum atomic E-state index is -0.354. The summed E-state index contributed by atoms with van der Waals surface area (Å²) in [4.78, 5) is 32.5. The second-order valence-corrected chi connectivity index (χ2v) is 10.7. The third kappa shape index (κ3) is 6.21. The van der Waals surface area contributed by atoms with Crippen molar-refractivity contribution in [2.75, 3.05) is 11.9 Å². The number of carbonyl (C=O) groups is 2. The van der Waals surface area contributed by atoms with Gasteiger partial charge in [-0.1, -0.05) is 90.2 Å². The fraction of sp³-hybridized carbons (Fsp3) is 0.120. The van der Waals surface area contributed by atoms with Gasteiger partial charge in [0, 0.05) is 22.5 Å². The maximum Gasteiger partial charge on any atom is 0.266 e. The maximum atomic E-state index is 12.8. The number of benzene rings is 2. The van der Waals surface area contributed by atoms with Crippen LogP contribution in [0, 0.1) is 0 Å². The molecule has 1 aliphatic rings. The number of carbonyl (C=O) groups excluding carboxylic acids is 2. The van der Waals surface area contributed by atoms with Crippen molar-refractivity contribution in [1.29, 1.82) is 0 Å². The van der Waals surface area contributed by atoms with Crippen molar-refractivity contribution < 1.29 is 9.59 Å². The zero-order chi connectivity index (χ0) is 24.1. The summed E-state index contributed by atoms with van der Waals surface area (Å²) in [7, 11) is 0. The van der Waals surface area contributed by atoms with Gasteiger partial charge >= 0.3 is 0 Å². The molecule has 0 bridgehead atoms. The first-order valence-corrected chi connectivity index (χ1v) is 12.8. The molecule has 1 N–H and O–H groups in total. The molecular weight excluding hydrogens is 506 g/mol. The highest BCUT2D eigenvalue weighted by atomic mass is 35.5. The minimum Gasteiger partial charge on any atom is -0.300 e. The van der Waals surface area contributed by atoms with Crippen LogP contribution in [0.25, 0.3) is 6.08 Å². The van der Waals surface area contributed by atoms with E-state index in [0.717, 1.165) is 21.6 Å². The van der Waals surface area contributed by atoms with Crippen LogP contribution < -0.4 is 5.32 Å². The number of thiocarbonyl (C=S) groups is 1. The average molecular weight is 526 g/mol. The van der Waals surface area contributed by atoms with Crippen molar-refractivity contribution in [3.8, 4) is 0 Å². The van der Waals surface area contributed by atoms with E-state index in [1.54, 1.807) is 12.3 Å². The molecule has 0 atom stereocenters. The predicted molar refractivity (Wildman–Crippen MR) is 145 cm³/mol. The van der Waals surface area contributed by atoms with E-state index in [1.165, 1.54) is 28.0 Å². The zero-order valence-corrected chi connectivity index (χ0v) is 21.4. The number of amides is 2. The quantitative estimate of drug-likeness (QED) is 0.295. The van der Waals surface area contributed by atoms with Gasteiger partial charge in [0.15, 0.2) is 5.13 Å². The molecule has 0 aliphatic carbocycles. The summed E-state index contributed by atoms with van der Waals surface area (Å²) >= 11 is 14.1. The highest BCUT2D eigenvalue weighted by Crippen LogP contribution is 2.32. The molecule has 172 valence electrons. The summed E-state index contributed by atoms with van der Waals surface area (Å²) in [5.41, 5.74) is 2.96. The molecule has 0 radical (unpaired) electrons. The molecule has 3 aromatic rings. The summed E-state index contributed by atoms with van der Waals surface area (Å²) < 4.78 is 0.359. The average Bonchev–Trinajstić information content (AvgIpc) is 3.35. The molecule has 2 heterocycles. The second-order valence-electron chi connectivity index (χ2n) is 7.51. The van der Waals surface area contributed by atoms with Gasteiger partial charge in [-0.25, -0.2) is 4.98 Å². The molecule has 5 nitrogen and oxygen atoms in total. The Kier molecular flexibility index (Phi) is 7.95. The van der Waals surface area contributed by atoms with E-state index in [0.29, 0.717) is 25.8 Å². The molecule has 0 spiro atoms. The Labute approximate surface area is 216 Å². The molecule has 1 aromatic heterocycles. The van der Waals surface area contributed by atoms with Crippen LogP contribution in [0.4, 0.5) is 5.13 Å². The zero-order valence-electron chi connectivity index (χ0n) is 18.2. The standard InChI is InChI=1S/C25H20ClN3O2S3/c1-16(11-17-7-3-2-4-8-17)12-21-23(31)29(25(32)34-21)15-22(30)28-24-27-14-19(33-24)13-18-9-5-6-10-20(18)26/h2-12,14H,13,15H2,1H3,(H,27,28,30)/b16-11+,21-12-.